The molecule has 3 rings (SSSR count). The summed E-state index contributed by atoms with van der Waals surface area (Å²) >= 11 is 1.63. The van der Waals surface area contributed by atoms with Crippen molar-refractivity contribution in [3.63, 3.8) is 0 Å². The average molecular weight is 289 g/mol. The molecule has 0 fully saturated rings. The van der Waals surface area contributed by atoms with Crippen molar-refractivity contribution < 1.29 is 9.18 Å². The molecule has 104 valence electrons. The first-order chi connectivity index (χ1) is 9.44. The summed E-state index contributed by atoms with van der Waals surface area (Å²) in [6.45, 7) is 5.00. The fourth-order valence-electron chi connectivity index (χ4n) is 2.42. The fourth-order valence-corrected chi connectivity index (χ4v) is 3.84. The van der Waals surface area contributed by atoms with Gasteiger partial charge in [-0.25, -0.2) is 4.39 Å². The maximum Gasteiger partial charge on any atom is 0.252 e. The molecule has 2 aromatic rings. The summed E-state index contributed by atoms with van der Waals surface area (Å²) in [6, 6.07) is 8.32. The van der Waals surface area contributed by atoms with Gasteiger partial charge in [0, 0.05) is 16.3 Å². The van der Waals surface area contributed by atoms with Crippen LogP contribution in [0.5, 0.6) is 0 Å². The zero-order valence-corrected chi connectivity index (χ0v) is 12.3. The molecule has 1 aromatic carbocycles. The van der Waals surface area contributed by atoms with E-state index >= 15 is 0 Å². The summed E-state index contributed by atoms with van der Waals surface area (Å²) < 4.78 is 13.0. The van der Waals surface area contributed by atoms with Gasteiger partial charge in [0.05, 0.1) is 5.56 Å². The Morgan fingerprint density at radius 1 is 1.25 bits per heavy atom. The average Bonchev–Trinajstić information content (AvgIpc) is 2.76. The molecule has 0 spiro atoms. The van der Waals surface area contributed by atoms with Gasteiger partial charge in [-0.15, -0.1) is 11.3 Å². The third-order valence-corrected chi connectivity index (χ3v) is 4.73. The Morgan fingerprint density at radius 3 is 2.65 bits per heavy atom. The van der Waals surface area contributed by atoms with E-state index in [2.05, 4.69) is 19.2 Å². The summed E-state index contributed by atoms with van der Waals surface area (Å²) in [7, 11) is 0. The van der Waals surface area contributed by atoms with Gasteiger partial charge in [0.2, 0.25) is 0 Å². The van der Waals surface area contributed by atoms with E-state index in [0.29, 0.717) is 6.54 Å². The second-order valence-electron chi connectivity index (χ2n) is 5.98. The van der Waals surface area contributed by atoms with E-state index in [0.717, 1.165) is 27.3 Å². The van der Waals surface area contributed by atoms with Crippen LogP contribution in [0.15, 0.2) is 30.3 Å². The predicted octanol–water partition coefficient (Wildman–Crippen LogP) is 3.87. The molecule has 1 aliphatic heterocycles. The summed E-state index contributed by atoms with van der Waals surface area (Å²) in [4.78, 5) is 14.3. The first kappa shape index (κ1) is 13.3. The zero-order chi connectivity index (χ0) is 14.3. The molecule has 1 amide bonds. The van der Waals surface area contributed by atoms with E-state index in [1.54, 1.807) is 23.5 Å². The van der Waals surface area contributed by atoms with Crippen molar-refractivity contribution in [2.45, 2.75) is 20.3 Å². The zero-order valence-electron chi connectivity index (χ0n) is 11.5. The van der Waals surface area contributed by atoms with Gasteiger partial charge in [-0.1, -0.05) is 26.0 Å². The van der Waals surface area contributed by atoms with Gasteiger partial charge in [-0.2, -0.15) is 0 Å². The van der Waals surface area contributed by atoms with E-state index < -0.39 is 0 Å². The number of rotatable bonds is 1. The topological polar surface area (TPSA) is 29.1 Å². The molecular weight excluding hydrogens is 273 g/mol. The molecule has 0 radical (unpaired) electrons. The van der Waals surface area contributed by atoms with Gasteiger partial charge in [0.1, 0.15) is 5.82 Å². The molecule has 1 aliphatic rings. The number of carbonyl (C=O) groups excluding carboxylic acids is 1. The molecule has 0 bridgehead atoms. The van der Waals surface area contributed by atoms with Crippen molar-refractivity contribution in [3.8, 4) is 10.4 Å². The number of fused-ring (bicyclic) bond motifs is 1. The van der Waals surface area contributed by atoms with Crippen molar-refractivity contribution >= 4 is 17.2 Å². The van der Waals surface area contributed by atoms with Crippen LogP contribution >= 0.6 is 11.3 Å². The summed E-state index contributed by atoms with van der Waals surface area (Å²) in [5.41, 5.74) is 1.78. The summed E-state index contributed by atoms with van der Waals surface area (Å²) in [6.07, 6.45) is 0.882. The lowest BCUT2D eigenvalue weighted by atomic mass is 9.89. The second-order valence-corrected chi connectivity index (χ2v) is 7.11. The van der Waals surface area contributed by atoms with Crippen LogP contribution in [0.2, 0.25) is 0 Å². The third-order valence-electron chi connectivity index (χ3n) is 3.55. The Balaban J connectivity index is 2.03. The molecule has 1 N–H and O–H groups in total. The Kier molecular flexibility index (Phi) is 3.13. The molecule has 0 saturated heterocycles. The lowest BCUT2D eigenvalue weighted by Crippen LogP contribution is -2.31. The fraction of sp³-hybridized carbons (Fsp3) is 0.312. The minimum absolute atomic E-state index is 0.00446. The second kappa shape index (κ2) is 4.70. The van der Waals surface area contributed by atoms with Crippen molar-refractivity contribution in [1.82, 2.24) is 5.32 Å². The van der Waals surface area contributed by atoms with Gasteiger partial charge in [0.25, 0.3) is 5.91 Å². The van der Waals surface area contributed by atoms with E-state index in [1.165, 1.54) is 12.1 Å². The van der Waals surface area contributed by atoms with Crippen LogP contribution in [0.4, 0.5) is 4.39 Å². The smallest absolute Gasteiger partial charge is 0.252 e. The highest BCUT2D eigenvalue weighted by Crippen LogP contribution is 2.36. The Bertz CT molecular complexity index is 658. The standard InChI is InChI=1S/C16H16FNOS/c1-16(2)8-14-12(15(19)18-9-16)7-13(20-14)10-3-5-11(17)6-4-10/h3-7H,8-9H2,1-2H3,(H,18,19). The van der Waals surface area contributed by atoms with Crippen LogP contribution in [0.1, 0.15) is 29.1 Å². The van der Waals surface area contributed by atoms with Crippen LogP contribution in [-0.2, 0) is 6.42 Å². The summed E-state index contributed by atoms with van der Waals surface area (Å²) in [5, 5.41) is 2.97. The van der Waals surface area contributed by atoms with Crippen molar-refractivity contribution in [2.24, 2.45) is 5.41 Å². The number of benzene rings is 1. The SMILES string of the molecule is CC1(C)CNC(=O)c2cc(-c3ccc(F)cc3)sc2C1. The normalized spacial score (nSPS) is 17.2. The molecule has 1 aromatic heterocycles. The molecule has 0 aliphatic carbocycles. The predicted molar refractivity (Wildman–Crippen MR) is 79.5 cm³/mol. The van der Waals surface area contributed by atoms with Crippen molar-refractivity contribution in [3.05, 3.63) is 46.6 Å². The number of carbonyl (C=O) groups is 1. The van der Waals surface area contributed by atoms with Crippen LogP contribution in [0.25, 0.3) is 10.4 Å². The molecule has 4 heteroatoms. The highest BCUT2D eigenvalue weighted by molar-refractivity contribution is 7.15. The third kappa shape index (κ3) is 2.48. The quantitative estimate of drug-likeness (QED) is 0.848. The van der Waals surface area contributed by atoms with Crippen molar-refractivity contribution in [1.29, 1.82) is 0 Å². The molecule has 2 nitrogen and oxygen atoms in total. The monoisotopic (exact) mass is 289 g/mol. The lowest BCUT2D eigenvalue weighted by molar-refractivity contribution is 0.0945. The minimum atomic E-state index is -0.245. The van der Waals surface area contributed by atoms with Crippen LogP contribution in [0.3, 0.4) is 0 Å². The van der Waals surface area contributed by atoms with Gasteiger partial charge < -0.3 is 5.32 Å². The van der Waals surface area contributed by atoms with Crippen LogP contribution < -0.4 is 5.32 Å². The summed E-state index contributed by atoms with van der Waals surface area (Å²) in [5.74, 6) is -0.249. The number of hydrogen-bond donors (Lipinski definition) is 1. The molecule has 0 unspecified atom stereocenters. The molecule has 20 heavy (non-hydrogen) atoms. The Morgan fingerprint density at radius 2 is 1.95 bits per heavy atom. The van der Waals surface area contributed by atoms with E-state index in [1.807, 2.05) is 6.07 Å². The van der Waals surface area contributed by atoms with E-state index in [9.17, 15) is 9.18 Å². The number of halogens is 1. The molecule has 0 saturated carbocycles. The Labute approximate surface area is 121 Å². The highest BCUT2D eigenvalue weighted by Gasteiger charge is 2.28. The number of nitrogens with one attached hydrogen (secondary N) is 1. The first-order valence-corrected chi connectivity index (χ1v) is 7.43. The van der Waals surface area contributed by atoms with E-state index in [-0.39, 0.29) is 17.1 Å². The first-order valence-electron chi connectivity index (χ1n) is 6.61. The van der Waals surface area contributed by atoms with Gasteiger partial charge in [-0.05, 0) is 35.6 Å². The lowest BCUT2D eigenvalue weighted by Gasteiger charge is -2.21. The number of hydrogen-bond acceptors (Lipinski definition) is 2. The largest absolute Gasteiger partial charge is 0.351 e. The Hall–Kier alpha value is -1.68. The van der Waals surface area contributed by atoms with Gasteiger partial charge in [0.15, 0.2) is 0 Å². The highest BCUT2D eigenvalue weighted by atomic mass is 32.1. The van der Waals surface area contributed by atoms with E-state index in [4.69, 9.17) is 0 Å². The number of thiophene rings is 1. The van der Waals surface area contributed by atoms with Crippen LogP contribution in [-0.4, -0.2) is 12.5 Å². The molecule has 0 atom stereocenters. The van der Waals surface area contributed by atoms with Crippen LogP contribution in [0, 0.1) is 11.2 Å². The van der Waals surface area contributed by atoms with Crippen molar-refractivity contribution in [2.75, 3.05) is 6.54 Å². The molecule has 2 heterocycles. The van der Waals surface area contributed by atoms with Gasteiger partial charge in [-0.3, -0.25) is 4.79 Å². The number of amides is 1. The van der Waals surface area contributed by atoms with Gasteiger partial charge >= 0.3 is 0 Å². The maximum atomic E-state index is 13.0. The molecular formula is C16H16FNOS. The maximum absolute atomic E-state index is 13.0. The minimum Gasteiger partial charge on any atom is -0.351 e.